The van der Waals surface area contributed by atoms with E-state index in [9.17, 15) is 9.59 Å². The van der Waals surface area contributed by atoms with Gasteiger partial charge in [0.1, 0.15) is 5.57 Å². The Labute approximate surface area is 159 Å². The van der Waals surface area contributed by atoms with Crippen LogP contribution in [0.5, 0.6) is 0 Å². The highest BCUT2D eigenvalue weighted by Crippen LogP contribution is 2.28. The molecule has 0 spiro atoms. The standard InChI is InChI=1S/C18H15BrClN3O2/c1-22(2)16-8-3-11(10-15(16)19)9-14-17(24)21-23(18(14)25)13-6-4-12(20)5-7-13/h3-10H,1-2H3,(H,21,24)/b14-9-. The number of carbonyl (C=O) groups excluding carboxylic acids is 2. The number of nitrogens with one attached hydrogen (secondary N) is 1. The van der Waals surface area contributed by atoms with Crippen LogP contribution < -0.4 is 15.3 Å². The summed E-state index contributed by atoms with van der Waals surface area (Å²) in [5.41, 5.74) is 4.97. The van der Waals surface area contributed by atoms with Crippen LogP contribution in [0.15, 0.2) is 52.5 Å². The van der Waals surface area contributed by atoms with Crippen molar-refractivity contribution in [3.05, 3.63) is 63.1 Å². The number of halogens is 2. The monoisotopic (exact) mass is 419 g/mol. The third-order valence-corrected chi connectivity index (χ3v) is 4.63. The molecule has 1 aliphatic rings. The Kier molecular flexibility index (Phi) is 4.83. The summed E-state index contributed by atoms with van der Waals surface area (Å²) in [4.78, 5) is 26.8. The van der Waals surface area contributed by atoms with Gasteiger partial charge >= 0.3 is 0 Å². The van der Waals surface area contributed by atoms with Crippen LogP contribution in [0.4, 0.5) is 11.4 Å². The number of hydrogen-bond donors (Lipinski definition) is 1. The Bertz CT molecular complexity index is 878. The van der Waals surface area contributed by atoms with E-state index in [4.69, 9.17) is 11.6 Å². The zero-order chi connectivity index (χ0) is 18.1. The first kappa shape index (κ1) is 17.5. The molecule has 1 N–H and O–H groups in total. The molecule has 3 rings (SSSR count). The minimum absolute atomic E-state index is 0.0828. The van der Waals surface area contributed by atoms with Gasteiger partial charge in [-0.05, 0) is 64.0 Å². The first-order chi connectivity index (χ1) is 11.9. The molecule has 0 bridgehead atoms. The molecule has 128 valence electrons. The van der Waals surface area contributed by atoms with Gasteiger partial charge in [0.25, 0.3) is 11.8 Å². The summed E-state index contributed by atoms with van der Waals surface area (Å²) in [7, 11) is 3.88. The van der Waals surface area contributed by atoms with Gasteiger partial charge in [-0.1, -0.05) is 17.7 Å². The summed E-state index contributed by atoms with van der Waals surface area (Å²) in [5.74, 6) is -0.840. The van der Waals surface area contributed by atoms with E-state index in [1.54, 1.807) is 30.3 Å². The third-order valence-electron chi connectivity index (χ3n) is 3.74. The van der Waals surface area contributed by atoms with Gasteiger partial charge in [0.15, 0.2) is 0 Å². The van der Waals surface area contributed by atoms with E-state index in [1.807, 2.05) is 37.2 Å². The van der Waals surface area contributed by atoms with E-state index >= 15 is 0 Å². The third kappa shape index (κ3) is 3.55. The van der Waals surface area contributed by atoms with Crippen molar-refractivity contribution in [1.29, 1.82) is 0 Å². The second-order valence-electron chi connectivity index (χ2n) is 5.72. The summed E-state index contributed by atoms with van der Waals surface area (Å²) >= 11 is 9.36. The van der Waals surface area contributed by atoms with Gasteiger partial charge < -0.3 is 4.90 Å². The van der Waals surface area contributed by atoms with Crippen molar-refractivity contribution in [2.45, 2.75) is 0 Å². The highest BCUT2D eigenvalue weighted by atomic mass is 79.9. The summed E-state index contributed by atoms with van der Waals surface area (Å²) in [6, 6.07) is 12.3. The van der Waals surface area contributed by atoms with Crippen LogP contribution in [0, 0.1) is 0 Å². The molecule has 0 atom stereocenters. The van der Waals surface area contributed by atoms with E-state index in [1.165, 1.54) is 5.01 Å². The van der Waals surface area contributed by atoms with Crippen LogP contribution in [0.1, 0.15) is 5.56 Å². The average Bonchev–Trinajstić information content (AvgIpc) is 2.83. The van der Waals surface area contributed by atoms with Gasteiger partial charge in [-0.15, -0.1) is 0 Å². The number of hydrazine groups is 1. The second-order valence-corrected chi connectivity index (χ2v) is 7.01. The van der Waals surface area contributed by atoms with Crippen LogP contribution in [0.25, 0.3) is 6.08 Å². The number of hydrogen-bond acceptors (Lipinski definition) is 3. The molecular formula is C18H15BrClN3O2. The molecule has 1 fully saturated rings. The Hall–Kier alpha value is -2.31. The minimum atomic E-state index is -0.437. The highest BCUT2D eigenvalue weighted by Gasteiger charge is 2.34. The molecule has 0 saturated carbocycles. The Balaban J connectivity index is 1.91. The van der Waals surface area contributed by atoms with E-state index in [2.05, 4.69) is 21.4 Å². The lowest BCUT2D eigenvalue weighted by molar-refractivity contribution is -0.117. The molecule has 7 heteroatoms. The zero-order valence-corrected chi connectivity index (χ0v) is 15.9. The van der Waals surface area contributed by atoms with Crippen molar-refractivity contribution in [1.82, 2.24) is 5.43 Å². The summed E-state index contributed by atoms with van der Waals surface area (Å²) in [6.07, 6.45) is 1.58. The van der Waals surface area contributed by atoms with Crippen molar-refractivity contribution >= 4 is 56.8 Å². The largest absolute Gasteiger partial charge is 0.377 e. The number of anilines is 2. The molecule has 2 amide bonds. The topological polar surface area (TPSA) is 52.7 Å². The SMILES string of the molecule is CN(C)c1ccc(/C=C2/C(=O)NN(c3ccc(Cl)cc3)C2=O)cc1Br. The smallest absolute Gasteiger partial charge is 0.282 e. The average molecular weight is 421 g/mol. The maximum Gasteiger partial charge on any atom is 0.282 e. The van der Waals surface area contributed by atoms with Crippen molar-refractivity contribution in [2.75, 3.05) is 24.0 Å². The zero-order valence-electron chi connectivity index (χ0n) is 13.6. The van der Waals surface area contributed by atoms with E-state index < -0.39 is 11.8 Å². The van der Waals surface area contributed by atoms with Gasteiger partial charge in [-0.3, -0.25) is 15.0 Å². The fourth-order valence-electron chi connectivity index (χ4n) is 2.47. The molecule has 2 aromatic carbocycles. The van der Waals surface area contributed by atoms with Gasteiger partial charge in [-0.2, -0.15) is 0 Å². The summed E-state index contributed by atoms with van der Waals surface area (Å²) < 4.78 is 0.882. The molecule has 5 nitrogen and oxygen atoms in total. The maximum atomic E-state index is 12.6. The van der Waals surface area contributed by atoms with E-state index in [0.29, 0.717) is 10.7 Å². The molecule has 0 unspecified atom stereocenters. The number of rotatable bonds is 3. The second kappa shape index (κ2) is 6.90. The number of nitrogens with zero attached hydrogens (tertiary/aromatic N) is 2. The number of carbonyl (C=O) groups is 2. The maximum absolute atomic E-state index is 12.6. The minimum Gasteiger partial charge on any atom is -0.377 e. The quantitative estimate of drug-likeness (QED) is 0.609. The van der Waals surface area contributed by atoms with Crippen LogP contribution >= 0.6 is 27.5 Å². The fraction of sp³-hybridized carbons (Fsp3) is 0.111. The van der Waals surface area contributed by atoms with Crippen molar-refractivity contribution in [3.63, 3.8) is 0 Å². The van der Waals surface area contributed by atoms with Crippen LogP contribution in [-0.2, 0) is 9.59 Å². The lowest BCUT2D eigenvalue weighted by atomic mass is 10.1. The first-order valence-electron chi connectivity index (χ1n) is 7.46. The molecule has 0 radical (unpaired) electrons. The number of benzene rings is 2. The molecule has 2 aromatic rings. The molecule has 25 heavy (non-hydrogen) atoms. The fourth-order valence-corrected chi connectivity index (χ4v) is 3.35. The van der Waals surface area contributed by atoms with Crippen LogP contribution in [0.2, 0.25) is 5.02 Å². The highest BCUT2D eigenvalue weighted by molar-refractivity contribution is 9.10. The predicted molar refractivity (Wildman–Crippen MR) is 104 cm³/mol. The van der Waals surface area contributed by atoms with Gasteiger partial charge in [0, 0.05) is 23.6 Å². The predicted octanol–water partition coefficient (Wildman–Crippen LogP) is 3.63. The molecule has 1 saturated heterocycles. The van der Waals surface area contributed by atoms with Gasteiger partial charge in [-0.25, -0.2) is 5.01 Å². The molecule has 1 heterocycles. The lowest BCUT2D eigenvalue weighted by Gasteiger charge is -2.15. The normalized spacial score (nSPS) is 15.7. The van der Waals surface area contributed by atoms with Crippen LogP contribution in [0.3, 0.4) is 0 Å². The molecule has 1 aliphatic heterocycles. The lowest BCUT2D eigenvalue weighted by Crippen LogP contribution is -2.35. The van der Waals surface area contributed by atoms with Crippen molar-refractivity contribution < 1.29 is 9.59 Å². The molecule has 0 aliphatic carbocycles. The van der Waals surface area contributed by atoms with Crippen molar-refractivity contribution in [2.24, 2.45) is 0 Å². The summed E-state index contributed by atoms with van der Waals surface area (Å²) in [6.45, 7) is 0. The van der Waals surface area contributed by atoms with Gasteiger partial charge in [0.2, 0.25) is 0 Å². The summed E-state index contributed by atoms with van der Waals surface area (Å²) in [5, 5.41) is 1.77. The number of amides is 2. The van der Waals surface area contributed by atoms with Crippen LogP contribution in [-0.4, -0.2) is 25.9 Å². The van der Waals surface area contributed by atoms with E-state index in [0.717, 1.165) is 15.7 Å². The Morgan fingerprint density at radius 2 is 1.80 bits per heavy atom. The Morgan fingerprint density at radius 1 is 1.12 bits per heavy atom. The molecular weight excluding hydrogens is 406 g/mol. The van der Waals surface area contributed by atoms with Gasteiger partial charge in [0.05, 0.1) is 11.4 Å². The first-order valence-corrected chi connectivity index (χ1v) is 8.63. The van der Waals surface area contributed by atoms with Crippen molar-refractivity contribution in [3.8, 4) is 0 Å². The Morgan fingerprint density at radius 3 is 2.40 bits per heavy atom. The van der Waals surface area contributed by atoms with E-state index in [-0.39, 0.29) is 5.57 Å². The molecule has 0 aromatic heterocycles.